The van der Waals surface area contributed by atoms with Crippen LogP contribution in [0.3, 0.4) is 0 Å². The average Bonchev–Trinajstić information content (AvgIpc) is 2.39. The van der Waals surface area contributed by atoms with Crippen LogP contribution in [0.4, 0.5) is 4.39 Å². The Morgan fingerprint density at radius 3 is 2.67 bits per heavy atom. The highest BCUT2D eigenvalue weighted by molar-refractivity contribution is 5.94. The number of aromatic nitrogens is 1. The van der Waals surface area contributed by atoms with Gasteiger partial charge in [0, 0.05) is 17.3 Å². The summed E-state index contributed by atoms with van der Waals surface area (Å²) in [6.45, 7) is 0. The molecule has 5 heteroatoms. The van der Waals surface area contributed by atoms with Crippen LogP contribution in [-0.2, 0) is 0 Å². The van der Waals surface area contributed by atoms with E-state index in [4.69, 9.17) is 9.84 Å². The summed E-state index contributed by atoms with van der Waals surface area (Å²) in [5.41, 5.74) is 0.186. The number of hydrogen-bond acceptors (Lipinski definition) is 3. The number of nitrogens with zero attached hydrogens (tertiary/aromatic N) is 1. The van der Waals surface area contributed by atoms with Crippen LogP contribution in [0, 0.1) is 5.82 Å². The number of hydrogen-bond donors (Lipinski definition) is 1. The smallest absolute Gasteiger partial charge is 0.355 e. The highest BCUT2D eigenvalue weighted by Gasteiger charge is 2.17. The molecule has 0 atom stereocenters. The lowest BCUT2D eigenvalue weighted by molar-refractivity contribution is 0.0691. The van der Waals surface area contributed by atoms with Crippen molar-refractivity contribution in [1.82, 2.24) is 4.98 Å². The summed E-state index contributed by atoms with van der Waals surface area (Å²) in [5, 5.41) is 9.03. The van der Waals surface area contributed by atoms with Gasteiger partial charge in [0.25, 0.3) is 0 Å². The van der Waals surface area contributed by atoms with E-state index in [1.54, 1.807) is 12.1 Å². The number of benzene rings is 1. The van der Waals surface area contributed by atoms with Crippen molar-refractivity contribution in [2.75, 3.05) is 7.11 Å². The first-order valence-electron chi connectivity index (χ1n) is 5.16. The fraction of sp³-hybridized carbons (Fsp3) is 0.0769. The van der Waals surface area contributed by atoms with Crippen LogP contribution in [0.15, 0.2) is 36.5 Å². The average molecular weight is 247 g/mol. The Balaban J connectivity index is 2.66. The van der Waals surface area contributed by atoms with E-state index in [9.17, 15) is 9.18 Å². The van der Waals surface area contributed by atoms with Gasteiger partial charge in [-0.2, -0.15) is 0 Å². The lowest BCUT2D eigenvalue weighted by Crippen LogP contribution is -2.03. The first-order chi connectivity index (χ1) is 8.65. The largest absolute Gasteiger partial charge is 0.494 e. The SMILES string of the molecule is COc1cccc(-c2cccnc2C(=O)O)c1F. The Hall–Kier alpha value is -2.43. The molecule has 1 aromatic heterocycles. The number of aromatic carboxylic acids is 1. The number of methoxy groups -OCH3 is 1. The Morgan fingerprint density at radius 1 is 1.28 bits per heavy atom. The molecular formula is C13H10FNO3. The van der Waals surface area contributed by atoms with Gasteiger partial charge in [-0.05, 0) is 12.1 Å². The predicted octanol–water partition coefficient (Wildman–Crippen LogP) is 2.59. The van der Waals surface area contributed by atoms with Crippen molar-refractivity contribution in [3.8, 4) is 16.9 Å². The number of carboxylic acid groups (broad SMARTS) is 1. The molecule has 1 N–H and O–H groups in total. The van der Waals surface area contributed by atoms with Gasteiger partial charge in [-0.25, -0.2) is 14.2 Å². The van der Waals surface area contributed by atoms with Crippen LogP contribution in [0.1, 0.15) is 10.5 Å². The molecule has 0 amide bonds. The first kappa shape index (κ1) is 12.0. The molecule has 0 unspecified atom stereocenters. The number of pyridine rings is 1. The molecule has 0 fully saturated rings. The predicted molar refractivity (Wildman–Crippen MR) is 63.1 cm³/mol. The van der Waals surface area contributed by atoms with Crippen LogP contribution in [0.5, 0.6) is 5.75 Å². The molecule has 0 aliphatic rings. The second-order valence-corrected chi connectivity index (χ2v) is 3.53. The minimum atomic E-state index is -1.20. The quantitative estimate of drug-likeness (QED) is 0.905. The third-order valence-electron chi connectivity index (χ3n) is 2.48. The van der Waals surface area contributed by atoms with Crippen LogP contribution < -0.4 is 4.74 Å². The van der Waals surface area contributed by atoms with Gasteiger partial charge in [0.15, 0.2) is 17.3 Å². The van der Waals surface area contributed by atoms with Gasteiger partial charge >= 0.3 is 5.97 Å². The number of carboxylic acids is 1. The summed E-state index contributed by atoms with van der Waals surface area (Å²) in [4.78, 5) is 14.8. The molecule has 4 nitrogen and oxygen atoms in total. The molecule has 0 spiro atoms. The van der Waals surface area contributed by atoms with E-state index in [-0.39, 0.29) is 22.6 Å². The maximum absolute atomic E-state index is 14.1. The molecule has 2 rings (SSSR count). The number of carbonyl (C=O) groups is 1. The summed E-state index contributed by atoms with van der Waals surface area (Å²) in [7, 11) is 1.35. The highest BCUT2D eigenvalue weighted by atomic mass is 19.1. The lowest BCUT2D eigenvalue weighted by atomic mass is 10.0. The van der Waals surface area contributed by atoms with Gasteiger partial charge in [-0.3, -0.25) is 0 Å². The zero-order valence-corrected chi connectivity index (χ0v) is 9.55. The van der Waals surface area contributed by atoms with Gasteiger partial charge in [0.05, 0.1) is 7.11 Å². The minimum Gasteiger partial charge on any atom is -0.494 e. The minimum absolute atomic E-state index is 0.0627. The van der Waals surface area contributed by atoms with Crippen molar-refractivity contribution in [2.24, 2.45) is 0 Å². The second kappa shape index (κ2) is 4.83. The molecule has 2 aromatic rings. The summed E-state index contributed by atoms with van der Waals surface area (Å²) in [5.74, 6) is -1.74. The van der Waals surface area contributed by atoms with Crippen LogP contribution in [0.2, 0.25) is 0 Å². The first-order valence-corrected chi connectivity index (χ1v) is 5.16. The third kappa shape index (κ3) is 2.02. The number of halogens is 1. The number of rotatable bonds is 3. The molecule has 1 heterocycles. The summed E-state index contributed by atoms with van der Waals surface area (Å²) in [6, 6.07) is 7.61. The normalized spacial score (nSPS) is 10.1. The van der Waals surface area contributed by atoms with E-state index >= 15 is 0 Å². The van der Waals surface area contributed by atoms with Crippen molar-refractivity contribution in [3.63, 3.8) is 0 Å². The summed E-state index contributed by atoms with van der Waals surface area (Å²) < 4.78 is 18.9. The van der Waals surface area contributed by atoms with E-state index in [1.807, 2.05) is 0 Å². The topological polar surface area (TPSA) is 59.4 Å². The molecule has 0 aliphatic carbocycles. The highest BCUT2D eigenvalue weighted by Crippen LogP contribution is 2.30. The van der Waals surface area contributed by atoms with Crippen LogP contribution in [0.25, 0.3) is 11.1 Å². The maximum atomic E-state index is 14.1. The molecule has 0 aliphatic heterocycles. The summed E-state index contributed by atoms with van der Waals surface area (Å²) in [6.07, 6.45) is 1.35. The number of ether oxygens (including phenoxy) is 1. The van der Waals surface area contributed by atoms with E-state index in [1.165, 1.54) is 31.5 Å². The zero-order chi connectivity index (χ0) is 13.1. The standard InChI is InChI=1S/C13H10FNO3/c1-18-10-6-2-4-8(11(10)14)9-5-3-7-15-12(9)13(16)17/h2-7H,1H3,(H,16,17). The third-order valence-corrected chi connectivity index (χ3v) is 2.48. The Bertz CT molecular complexity index is 599. The van der Waals surface area contributed by atoms with E-state index in [0.29, 0.717) is 0 Å². The fourth-order valence-corrected chi connectivity index (χ4v) is 1.67. The zero-order valence-electron chi connectivity index (χ0n) is 9.55. The fourth-order valence-electron chi connectivity index (χ4n) is 1.67. The van der Waals surface area contributed by atoms with Gasteiger partial charge in [0.1, 0.15) is 0 Å². The Kier molecular flexibility index (Phi) is 3.23. The van der Waals surface area contributed by atoms with E-state index in [2.05, 4.69) is 4.98 Å². The molecular weight excluding hydrogens is 237 g/mol. The van der Waals surface area contributed by atoms with Gasteiger partial charge < -0.3 is 9.84 Å². The van der Waals surface area contributed by atoms with Gasteiger partial charge in [0.2, 0.25) is 0 Å². The monoisotopic (exact) mass is 247 g/mol. The Morgan fingerprint density at radius 2 is 2.00 bits per heavy atom. The van der Waals surface area contributed by atoms with Gasteiger partial charge in [-0.15, -0.1) is 0 Å². The molecule has 92 valence electrons. The molecule has 0 bridgehead atoms. The van der Waals surface area contributed by atoms with Crippen molar-refractivity contribution in [1.29, 1.82) is 0 Å². The molecule has 0 saturated carbocycles. The van der Waals surface area contributed by atoms with Crippen molar-refractivity contribution in [3.05, 3.63) is 48.0 Å². The van der Waals surface area contributed by atoms with E-state index in [0.717, 1.165) is 0 Å². The maximum Gasteiger partial charge on any atom is 0.355 e. The molecule has 0 saturated heterocycles. The molecule has 18 heavy (non-hydrogen) atoms. The van der Waals surface area contributed by atoms with Crippen LogP contribution in [-0.4, -0.2) is 23.2 Å². The van der Waals surface area contributed by atoms with Crippen molar-refractivity contribution in [2.45, 2.75) is 0 Å². The van der Waals surface area contributed by atoms with Crippen molar-refractivity contribution >= 4 is 5.97 Å². The van der Waals surface area contributed by atoms with Crippen LogP contribution >= 0.6 is 0 Å². The Labute approximate surface area is 103 Å². The summed E-state index contributed by atoms with van der Waals surface area (Å²) >= 11 is 0. The second-order valence-electron chi connectivity index (χ2n) is 3.53. The van der Waals surface area contributed by atoms with Gasteiger partial charge in [-0.1, -0.05) is 18.2 Å². The van der Waals surface area contributed by atoms with E-state index < -0.39 is 11.8 Å². The van der Waals surface area contributed by atoms with Crippen molar-refractivity contribution < 1.29 is 19.0 Å². The molecule has 1 aromatic carbocycles. The lowest BCUT2D eigenvalue weighted by Gasteiger charge is -2.09. The molecule has 0 radical (unpaired) electrons.